The fourth-order valence-electron chi connectivity index (χ4n) is 6.35. The van der Waals surface area contributed by atoms with E-state index in [0.717, 1.165) is 31.4 Å². The Hall–Kier alpha value is -2.18. The van der Waals surface area contributed by atoms with Crippen molar-refractivity contribution >= 4 is 21.6 Å². The van der Waals surface area contributed by atoms with E-state index in [2.05, 4.69) is 25.1 Å². The van der Waals surface area contributed by atoms with Crippen molar-refractivity contribution in [2.24, 2.45) is 5.41 Å². The summed E-state index contributed by atoms with van der Waals surface area (Å²) >= 11 is 0. The zero-order chi connectivity index (χ0) is 22.8. The Bertz CT molecular complexity index is 1220. The molecular weight excluding hydrogens is 432 g/mol. The van der Waals surface area contributed by atoms with Crippen molar-refractivity contribution in [2.45, 2.75) is 68.6 Å². The quantitative estimate of drug-likeness (QED) is 0.640. The molecule has 0 aromatic heterocycles. The number of fused-ring (bicyclic) bond motifs is 2. The van der Waals surface area contributed by atoms with Crippen molar-refractivity contribution in [1.82, 2.24) is 4.31 Å². The Morgan fingerprint density at radius 1 is 0.909 bits per heavy atom. The third-order valence-corrected chi connectivity index (χ3v) is 10.6. The number of hydrogen-bond donors (Lipinski definition) is 0. The molecule has 0 radical (unpaired) electrons. The summed E-state index contributed by atoms with van der Waals surface area (Å²) in [5.41, 5.74) is 4.62. The van der Waals surface area contributed by atoms with E-state index in [1.807, 2.05) is 4.90 Å². The lowest BCUT2D eigenvalue weighted by Crippen LogP contribution is -2.40. The van der Waals surface area contributed by atoms with Crippen LogP contribution in [0.25, 0.3) is 0 Å². The summed E-state index contributed by atoms with van der Waals surface area (Å²) in [6, 6.07) is 13.1. The zero-order valence-electron chi connectivity index (χ0n) is 19.3. The molecule has 2 aromatic carbocycles. The smallest absolute Gasteiger partial charge is 0.258 e. The Balaban J connectivity index is 1.33. The molecule has 1 saturated heterocycles. The molecular formula is C27H32N2O3S. The Kier molecular flexibility index (Phi) is 4.80. The van der Waals surface area contributed by atoms with Gasteiger partial charge in [0.2, 0.25) is 10.0 Å². The van der Waals surface area contributed by atoms with Gasteiger partial charge < -0.3 is 4.90 Å². The van der Waals surface area contributed by atoms with Gasteiger partial charge in [-0.1, -0.05) is 23.8 Å². The minimum absolute atomic E-state index is 0.0318. The molecule has 4 aliphatic rings. The average Bonchev–Trinajstić information content (AvgIpc) is 3.22. The molecule has 1 amide bonds. The van der Waals surface area contributed by atoms with Gasteiger partial charge in [0.25, 0.3) is 5.91 Å². The SMILES string of the molecule is Cc1ccc2c(c1)C1(CCC3(CC3)CC1)CN2C(=O)c1cccc(S(=O)(=O)N2CCCC2)c1. The molecule has 3 fully saturated rings. The molecule has 2 heterocycles. The largest absolute Gasteiger partial charge is 0.307 e. The van der Waals surface area contributed by atoms with Gasteiger partial charge in [-0.05, 0) is 93.5 Å². The monoisotopic (exact) mass is 464 g/mol. The van der Waals surface area contributed by atoms with Crippen molar-refractivity contribution in [1.29, 1.82) is 0 Å². The maximum atomic E-state index is 13.8. The fourth-order valence-corrected chi connectivity index (χ4v) is 7.91. The Morgan fingerprint density at radius 2 is 1.61 bits per heavy atom. The van der Waals surface area contributed by atoms with Gasteiger partial charge >= 0.3 is 0 Å². The molecule has 2 aliphatic carbocycles. The lowest BCUT2D eigenvalue weighted by Gasteiger charge is -2.38. The van der Waals surface area contributed by atoms with Crippen LogP contribution in [-0.2, 0) is 15.4 Å². The van der Waals surface area contributed by atoms with Crippen molar-refractivity contribution in [3.63, 3.8) is 0 Å². The minimum atomic E-state index is -3.55. The fraction of sp³-hybridized carbons (Fsp3) is 0.519. The van der Waals surface area contributed by atoms with E-state index in [0.29, 0.717) is 30.6 Å². The van der Waals surface area contributed by atoms with E-state index in [4.69, 9.17) is 0 Å². The van der Waals surface area contributed by atoms with Crippen molar-refractivity contribution in [2.75, 3.05) is 24.5 Å². The molecule has 0 N–H and O–H groups in total. The number of carbonyl (C=O) groups excluding carboxylic acids is 1. The number of amides is 1. The normalized spacial score (nSPS) is 23.2. The van der Waals surface area contributed by atoms with Gasteiger partial charge in [0.15, 0.2) is 0 Å². The van der Waals surface area contributed by atoms with Crippen LogP contribution in [0.15, 0.2) is 47.4 Å². The van der Waals surface area contributed by atoms with Crippen LogP contribution in [0.5, 0.6) is 0 Å². The van der Waals surface area contributed by atoms with E-state index in [1.54, 1.807) is 24.3 Å². The first kappa shape index (κ1) is 21.4. The second-order valence-electron chi connectivity index (χ2n) is 10.8. The molecule has 0 atom stereocenters. The third-order valence-electron chi connectivity index (χ3n) is 8.73. The molecule has 174 valence electrons. The molecule has 5 nitrogen and oxygen atoms in total. The summed E-state index contributed by atoms with van der Waals surface area (Å²) in [4.78, 5) is 15.9. The number of carbonyl (C=O) groups is 1. The van der Waals surface area contributed by atoms with Crippen LogP contribution in [0.1, 0.15) is 72.9 Å². The second-order valence-corrected chi connectivity index (χ2v) is 12.8. The first-order valence-corrected chi connectivity index (χ1v) is 13.8. The number of rotatable bonds is 3. The zero-order valence-corrected chi connectivity index (χ0v) is 20.2. The summed E-state index contributed by atoms with van der Waals surface area (Å²) < 4.78 is 27.7. The van der Waals surface area contributed by atoms with Gasteiger partial charge in [-0.3, -0.25) is 4.79 Å². The predicted octanol–water partition coefficient (Wildman–Crippen LogP) is 5.03. The van der Waals surface area contributed by atoms with Gasteiger partial charge in [-0.2, -0.15) is 4.31 Å². The highest BCUT2D eigenvalue weighted by atomic mass is 32.2. The molecule has 0 unspecified atom stereocenters. The van der Waals surface area contributed by atoms with Crippen LogP contribution in [0.3, 0.4) is 0 Å². The summed E-state index contributed by atoms with van der Waals surface area (Å²) in [5, 5.41) is 0. The summed E-state index contributed by atoms with van der Waals surface area (Å²) in [6.07, 6.45) is 9.30. The molecule has 2 aliphatic heterocycles. The number of aryl methyl sites for hydroxylation is 1. The van der Waals surface area contributed by atoms with Gasteiger partial charge in [0, 0.05) is 36.3 Å². The van der Waals surface area contributed by atoms with E-state index >= 15 is 0 Å². The van der Waals surface area contributed by atoms with E-state index in [1.165, 1.54) is 41.1 Å². The topological polar surface area (TPSA) is 57.7 Å². The van der Waals surface area contributed by atoms with Crippen molar-refractivity contribution in [3.8, 4) is 0 Å². The highest BCUT2D eigenvalue weighted by Crippen LogP contribution is 2.62. The lowest BCUT2D eigenvalue weighted by molar-refractivity contribution is 0.0980. The van der Waals surface area contributed by atoms with Crippen LogP contribution in [0, 0.1) is 12.3 Å². The van der Waals surface area contributed by atoms with E-state index < -0.39 is 10.0 Å². The van der Waals surface area contributed by atoms with Crippen molar-refractivity contribution < 1.29 is 13.2 Å². The van der Waals surface area contributed by atoms with Crippen molar-refractivity contribution in [3.05, 3.63) is 59.2 Å². The molecule has 2 saturated carbocycles. The summed E-state index contributed by atoms with van der Waals surface area (Å²) in [6.45, 7) is 3.94. The molecule has 6 rings (SSSR count). The summed E-state index contributed by atoms with van der Waals surface area (Å²) in [5.74, 6) is -0.0952. The van der Waals surface area contributed by atoms with Crippen LogP contribution >= 0.6 is 0 Å². The highest BCUT2D eigenvalue weighted by molar-refractivity contribution is 7.89. The molecule has 2 aromatic rings. The van der Waals surface area contributed by atoms with E-state index in [9.17, 15) is 13.2 Å². The standard InChI is InChI=1S/C27H32N2O3S/c1-20-7-8-24-23(17-20)27(13-11-26(9-10-26)12-14-27)19-29(24)25(30)21-5-4-6-22(18-21)33(31,32)28-15-2-3-16-28/h4-8,17-18H,2-3,9-16,19H2,1H3. The maximum absolute atomic E-state index is 13.8. The van der Waals surface area contributed by atoms with Gasteiger partial charge in [0.05, 0.1) is 4.90 Å². The molecule has 33 heavy (non-hydrogen) atoms. The summed E-state index contributed by atoms with van der Waals surface area (Å²) in [7, 11) is -3.55. The number of anilines is 1. The van der Waals surface area contributed by atoms with Gasteiger partial charge in [0.1, 0.15) is 0 Å². The molecule has 0 bridgehead atoms. The van der Waals surface area contributed by atoms with Crippen LogP contribution in [0.4, 0.5) is 5.69 Å². The van der Waals surface area contributed by atoms with Gasteiger partial charge in [-0.15, -0.1) is 0 Å². The van der Waals surface area contributed by atoms with E-state index in [-0.39, 0.29) is 16.2 Å². The van der Waals surface area contributed by atoms with Crippen LogP contribution < -0.4 is 4.90 Å². The lowest BCUT2D eigenvalue weighted by atomic mass is 9.66. The van der Waals surface area contributed by atoms with Crippen LogP contribution in [0.2, 0.25) is 0 Å². The van der Waals surface area contributed by atoms with Gasteiger partial charge in [-0.25, -0.2) is 8.42 Å². The maximum Gasteiger partial charge on any atom is 0.258 e. The Morgan fingerprint density at radius 3 is 2.30 bits per heavy atom. The minimum Gasteiger partial charge on any atom is -0.307 e. The number of nitrogens with zero attached hydrogens (tertiary/aromatic N) is 2. The number of hydrogen-bond acceptors (Lipinski definition) is 3. The highest BCUT2D eigenvalue weighted by Gasteiger charge is 2.53. The second kappa shape index (κ2) is 7.41. The first-order chi connectivity index (χ1) is 15.8. The molecule has 2 spiro atoms. The first-order valence-electron chi connectivity index (χ1n) is 12.4. The molecule has 6 heteroatoms. The third kappa shape index (κ3) is 3.45. The Labute approximate surface area is 196 Å². The average molecular weight is 465 g/mol. The predicted molar refractivity (Wildman–Crippen MR) is 129 cm³/mol. The number of benzene rings is 2. The van der Waals surface area contributed by atoms with Crippen LogP contribution in [-0.4, -0.2) is 38.3 Å². The number of sulfonamides is 1.